The highest BCUT2D eigenvalue weighted by atomic mass is 35.5. The number of nitrogens with two attached hydrogens (primary N) is 1. The fourth-order valence-electron chi connectivity index (χ4n) is 1.75. The highest BCUT2D eigenvalue weighted by Crippen LogP contribution is 2.23. The summed E-state index contributed by atoms with van der Waals surface area (Å²) >= 11 is 5.95. The van der Waals surface area contributed by atoms with E-state index in [1.165, 1.54) is 0 Å². The Morgan fingerprint density at radius 1 is 1.06 bits per heavy atom. The first-order chi connectivity index (χ1) is 8.74. The summed E-state index contributed by atoms with van der Waals surface area (Å²) in [4.78, 5) is 12.9. The van der Waals surface area contributed by atoms with Crippen LogP contribution in [0.5, 0.6) is 0 Å². The van der Waals surface area contributed by atoms with Gasteiger partial charge in [-0.3, -0.25) is 4.98 Å². The number of rotatable bonds is 1. The van der Waals surface area contributed by atoms with Gasteiger partial charge in [0.15, 0.2) is 11.6 Å². The Kier molecular flexibility index (Phi) is 2.57. The Morgan fingerprint density at radius 2 is 1.94 bits per heavy atom. The molecule has 0 spiro atoms. The van der Waals surface area contributed by atoms with Crippen LogP contribution in [0.1, 0.15) is 0 Å². The molecule has 1 aromatic carbocycles. The topological polar surface area (TPSA) is 64.7 Å². The molecule has 0 bridgehead atoms. The minimum atomic E-state index is 0.371. The van der Waals surface area contributed by atoms with Gasteiger partial charge < -0.3 is 5.73 Å². The summed E-state index contributed by atoms with van der Waals surface area (Å²) < 4.78 is 0. The highest BCUT2D eigenvalue weighted by Gasteiger charge is 2.07. The lowest BCUT2D eigenvalue weighted by atomic mass is 10.2. The Balaban J connectivity index is 2.24. The molecule has 0 aliphatic carbocycles. The zero-order valence-corrected chi connectivity index (χ0v) is 10.1. The first-order valence-electron chi connectivity index (χ1n) is 5.38. The van der Waals surface area contributed by atoms with E-state index in [1.54, 1.807) is 18.3 Å². The van der Waals surface area contributed by atoms with Crippen LogP contribution >= 0.6 is 11.6 Å². The molecule has 0 saturated heterocycles. The maximum Gasteiger partial charge on any atom is 0.162 e. The molecular formula is C13H9ClN4. The standard InChI is InChI=1S/C13H9ClN4/c14-9-4-1-3-8(7-9)13-17-10-5-2-6-16-11(10)12(15)18-13/h1-7H,(H2,15,17,18). The highest BCUT2D eigenvalue weighted by molar-refractivity contribution is 6.30. The molecule has 18 heavy (non-hydrogen) atoms. The average Bonchev–Trinajstić information content (AvgIpc) is 2.39. The molecule has 3 rings (SSSR count). The predicted molar refractivity (Wildman–Crippen MR) is 72.2 cm³/mol. The van der Waals surface area contributed by atoms with Crippen LogP contribution < -0.4 is 5.73 Å². The zero-order chi connectivity index (χ0) is 12.5. The van der Waals surface area contributed by atoms with Crippen LogP contribution in [0.15, 0.2) is 42.6 Å². The predicted octanol–water partition coefficient (Wildman–Crippen LogP) is 2.93. The summed E-state index contributed by atoms with van der Waals surface area (Å²) in [5.74, 6) is 0.922. The van der Waals surface area contributed by atoms with Crippen LogP contribution in [0.4, 0.5) is 5.82 Å². The average molecular weight is 257 g/mol. The molecule has 0 aliphatic rings. The van der Waals surface area contributed by atoms with Crippen molar-refractivity contribution in [2.24, 2.45) is 0 Å². The maximum absolute atomic E-state index is 5.95. The molecule has 2 aromatic heterocycles. The second-order valence-electron chi connectivity index (χ2n) is 3.81. The fraction of sp³-hybridized carbons (Fsp3) is 0. The molecule has 0 fully saturated rings. The normalized spacial score (nSPS) is 10.7. The molecule has 0 unspecified atom stereocenters. The number of halogens is 1. The summed E-state index contributed by atoms with van der Waals surface area (Å²) in [7, 11) is 0. The van der Waals surface area contributed by atoms with E-state index in [9.17, 15) is 0 Å². The molecule has 3 aromatic rings. The molecule has 0 atom stereocenters. The summed E-state index contributed by atoms with van der Waals surface area (Å²) in [5.41, 5.74) is 8.06. The minimum absolute atomic E-state index is 0.371. The quantitative estimate of drug-likeness (QED) is 0.727. The largest absolute Gasteiger partial charge is 0.382 e. The van der Waals surface area contributed by atoms with Crippen molar-refractivity contribution in [1.29, 1.82) is 0 Å². The number of anilines is 1. The number of hydrogen-bond donors (Lipinski definition) is 1. The number of benzene rings is 1. The van der Waals surface area contributed by atoms with Crippen molar-refractivity contribution < 1.29 is 0 Å². The van der Waals surface area contributed by atoms with Gasteiger partial charge in [0.2, 0.25) is 0 Å². The van der Waals surface area contributed by atoms with E-state index in [-0.39, 0.29) is 0 Å². The Morgan fingerprint density at radius 3 is 2.78 bits per heavy atom. The van der Waals surface area contributed by atoms with E-state index in [1.807, 2.05) is 24.3 Å². The summed E-state index contributed by atoms with van der Waals surface area (Å²) in [6.07, 6.45) is 1.67. The van der Waals surface area contributed by atoms with Gasteiger partial charge in [-0.25, -0.2) is 9.97 Å². The number of hydrogen-bond acceptors (Lipinski definition) is 4. The van der Waals surface area contributed by atoms with Crippen LogP contribution in [0.25, 0.3) is 22.4 Å². The Bertz CT molecular complexity index is 727. The van der Waals surface area contributed by atoms with Crippen LogP contribution in [0.3, 0.4) is 0 Å². The lowest BCUT2D eigenvalue weighted by Gasteiger charge is -2.04. The van der Waals surface area contributed by atoms with Gasteiger partial charge in [0.05, 0.1) is 5.52 Å². The van der Waals surface area contributed by atoms with E-state index < -0.39 is 0 Å². The summed E-state index contributed by atoms with van der Waals surface area (Å²) in [6, 6.07) is 11.0. The van der Waals surface area contributed by atoms with Gasteiger partial charge in [-0.15, -0.1) is 0 Å². The van der Waals surface area contributed by atoms with Gasteiger partial charge in [-0.1, -0.05) is 23.7 Å². The Hall–Kier alpha value is -2.20. The molecule has 5 heteroatoms. The number of aromatic nitrogens is 3. The van der Waals surface area contributed by atoms with Crippen LogP contribution in [0, 0.1) is 0 Å². The second kappa shape index (κ2) is 4.23. The molecule has 0 saturated carbocycles. The van der Waals surface area contributed by atoms with Crippen molar-refractivity contribution >= 4 is 28.5 Å². The van der Waals surface area contributed by atoms with E-state index >= 15 is 0 Å². The third-order valence-electron chi connectivity index (χ3n) is 2.56. The molecule has 2 N–H and O–H groups in total. The van der Waals surface area contributed by atoms with Gasteiger partial charge in [0.25, 0.3) is 0 Å². The molecule has 0 amide bonds. The molecule has 4 nitrogen and oxygen atoms in total. The summed E-state index contributed by atoms with van der Waals surface area (Å²) in [5, 5.41) is 0.640. The van der Waals surface area contributed by atoms with Gasteiger partial charge >= 0.3 is 0 Å². The lowest BCUT2D eigenvalue weighted by Crippen LogP contribution is -1.99. The van der Waals surface area contributed by atoms with Crippen molar-refractivity contribution in [3.05, 3.63) is 47.6 Å². The lowest BCUT2D eigenvalue weighted by molar-refractivity contribution is 1.21. The van der Waals surface area contributed by atoms with E-state index in [2.05, 4.69) is 15.0 Å². The number of pyridine rings is 1. The van der Waals surface area contributed by atoms with Crippen LogP contribution in [-0.4, -0.2) is 15.0 Å². The monoisotopic (exact) mass is 256 g/mol. The second-order valence-corrected chi connectivity index (χ2v) is 4.25. The number of nitrogens with zero attached hydrogens (tertiary/aromatic N) is 3. The number of nitrogen functional groups attached to an aromatic ring is 1. The van der Waals surface area contributed by atoms with Crippen LogP contribution in [0.2, 0.25) is 5.02 Å². The Labute approximate surface area is 108 Å². The van der Waals surface area contributed by atoms with Crippen molar-refractivity contribution in [2.75, 3.05) is 5.73 Å². The van der Waals surface area contributed by atoms with Crippen molar-refractivity contribution in [3.8, 4) is 11.4 Å². The number of fused-ring (bicyclic) bond motifs is 1. The first-order valence-corrected chi connectivity index (χ1v) is 5.76. The van der Waals surface area contributed by atoms with Crippen molar-refractivity contribution in [1.82, 2.24) is 15.0 Å². The van der Waals surface area contributed by atoms with Gasteiger partial charge in [0, 0.05) is 16.8 Å². The van der Waals surface area contributed by atoms with Gasteiger partial charge in [-0.2, -0.15) is 0 Å². The molecule has 2 heterocycles. The minimum Gasteiger partial charge on any atom is -0.382 e. The van der Waals surface area contributed by atoms with E-state index in [0.717, 1.165) is 11.1 Å². The fourth-order valence-corrected chi connectivity index (χ4v) is 1.94. The zero-order valence-electron chi connectivity index (χ0n) is 9.34. The summed E-state index contributed by atoms with van der Waals surface area (Å²) in [6.45, 7) is 0. The van der Waals surface area contributed by atoms with Crippen molar-refractivity contribution in [3.63, 3.8) is 0 Å². The maximum atomic E-state index is 5.95. The van der Waals surface area contributed by atoms with Gasteiger partial charge in [0.1, 0.15) is 5.52 Å². The SMILES string of the molecule is Nc1nc(-c2cccc(Cl)c2)nc2cccnc12. The third kappa shape index (κ3) is 1.87. The molecule has 88 valence electrons. The molecular weight excluding hydrogens is 248 g/mol. The van der Waals surface area contributed by atoms with Crippen LogP contribution in [-0.2, 0) is 0 Å². The third-order valence-corrected chi connectivity index (χ3v) is 2.80. The van der Waals surface area contributed by atoms with Crippen molar-refractivity contribution in [2.45, 2.75) is 0 Å². The molecule has 0 radical (unpaired) electrons. The van der Waals surface area contributed by atoms with E-state index in [0.29, 0.717) is 22.2 Å². The first kappa shape index (κ1) is 10.9. The van der Waals surface area contributed by atoms with E-state index in [4.69, 9.17) is 17.3 Å². The van der Waals surface area contributed by atoms with Gasteiger partial charge in [-0.05, 0) is 24.3 Å². The smallest absolute Gasteiger partial charge is 0.162 e. The molecule has 0 aliphatic heterocycles.